The number of hydrogen-bond donors (Lipinski definition) is 1. The zero-order chi connectivity index (χ0) is 12.7. The summed E-state index contributed by atoms with van der Waals surface area (Å²) in [6, 6.07) is 3.44. The number of carbonyl (C=O) groups excluding carboxylic acids is 2. The first-order valence-electron chi connectivity index (χ1n) is 5.49. The first kappa shape index (κ1) is 13.2. The second-order valence-electron chi connectivity index (χ2n) is 3.51. The van der Waals surface area contributed by atoms with Crippen LogP contribution in [0.2, 0.25) is 0 Å². The van der Waals surface area contributed by atoms with Crippen LogP contribution in [0.25, 0.3) is 0 Å². The summed E-state index contributed by atoms with van der Waals surface area (Å²) < 4.78 is 5.35. The lowest BCUT2D eigenvalue weighted by molar-refractivity contribution is -0.121. The van der Waals surface area contributed by atoms with Gasteiger partial charge in [0.1, 0.15) is 11.4 Å². The smallest absolute Gasteiger partial charge is 0.223 e. The van der Waals surface area contributed by atoms with Crippen LogP contribution in [-0.2, 0) is 4.79 Å². The molecule has 92 valence electrons. The Morgan fingerprint density at radius 1 is 1.53 bits per heavy atom. The van der Waals surface area contributed by atoms with Crippen LogP contribution < -0.4 is 10.1 Å². The summed E-state index contributed by atoms with van der Waals surface area (Å²) >= 11 is 0. The number of hydrogen-bond acceptors (Lipinski definition) is 4. The molecule has 0 radical (unpaired) electrons. The molecule has 1 heterocycles. The summed E-state index contributed by atoms with van der Waals surface area (Å²) in [5.41, 5.74) is 1.02. The molecule has 17 heavy (non-hydrogen) atoms. The van der Waals surface area contributed by atoms with Crippen molar-refractivity contribution in [1.29, 1.82) is 0 Å². The van der Waals surface area contributed by atoms with Crippen LogP contribution in [0.5, 0.6) is 5.75 Å². The number of pyridine rings is 1. The number of ether oxygens (including phenoxy) is 1. The molecule has 0 aliphatic carbocycles. The Bertz CT molecular complexity index is 405. The van der Waals surface area contributed by atoms with Crippen LogP contribution in [0.3, 0.4) is 0 Å². The zero-order valence-electron chi connectivity index (χ0n) is 10.0. The Kier molecular flexibility index (Phi) is 5.13. The molecule has 0 atom stereocenters. The third-order valence-corrected chi connectivity index (χ3v) is 2.10. The van der Waals surface area contributed by atoms with E-state index in [9.17, 15) is 9.59 Å². The third kappa shape index (κ3) is 4.22. The molecule has 0 spiro atoms. The first-order chi connectivity index (χ1) is 8.17. The van der Waals surface area contributed by atoms with E-state index in [2.05, 4.69) is 10.3 Å². The molecule has 1 N–H and O–H groups in total. The Hall–Kier alpha value is -1.91. The molecule has 0 saturated carbocycles. The highest BCUT2D eigenvalue weighted by Crippen LogP contribution is 2.14. The fourth-order valence-corrected chi connectivity index (χ4v) is 1.31. The number of nitrogens with one attached hydrogen (secondary N) is 1. The normalized spacial score (nSPS) is 9.76. The SMILES string of the molecule is CCNC(=O)CCOc1ccc(C)nc1C=O. The van der Waals surface area contributed by atoms with Gasteiger partial charge in [0.25, 0.3) is 0 Å². The number of aromatic nitrogens is 1. The van der Waals surface area contributed by atoms with Crippen molar-refractivity contribution in [3.63, 3.8) is 0 Å². The van der Waals surface area contributed by atoms with E-state index in [1.807, 2.05) is 6.92 Å². The zero-order valence-corrected chi connectivity index (χ0v) is 10.0. The summed E-state index contributed by atoms with van der Waals surface area (Å²) in [6.45, 7) is 4.49. The summed E-state index contributed by atoms with van der Waals surface area (Å²) in [7, 11) is 0. The quantitative estimate of drug-likeness (QED) is 0.751. The van der Waals surface area contributed by atoms with Crippen LogP contribution in [0.4, 0.5) is 0 Å². The average Bonchev–Trinajstić information content (AvgIpc) is 2.31. The van der Waals surface area contributed by atoms with Gasteiger partial charge in [0.15, 0.2) is 6.29 Å². The van der Waals surface area contributed by atoms with Crippen LogP contribution in [0, 0.1) is 6.92 Å². The second kappa shape index (κ2) is 6.62. The van der Waals surface area contributed by atoms with Gasteiger partial charge in [-0.2, -0.15) is 0 Å². The Morgan fingerprint density at radius 3 is 2.94 bits per heavy atom. The molecule has 0 aliphatic heterocycles. The molecular formula is C12H16N2O3. The van der Waals surface area contributed by atoms with Crippen molar-refractivity contribution < 1.29 is 14.3 Å². The van der Waals surface area contributed by atoms with Gasteiger partial charge in [0.05, 0.1) is 13.0 Å². The Balaban J connectivity index is 2.51. The van der Waals surface area contributed by atoms with E-state index in [0.29, 0.717) is 18.6 Å². The largest absolute Gasteiger partial charge is 0.491 e. The summed E-state index contributed by atoms with van der Waals surface area (Å²) in [5, 5.41) is 2.67. The van der Waals surface area contributed by atoms with Gasteiger partial charge in [0.2, 0.25) is 5.91 Å². The predicted octanol–water partition coefficient (Wildman–Crippen LogP) is 1.11. The van der Waals surface area contributed by atoms with Crippen LogP contribution in [-0.4, -0.2) is 30.3 Å². The van der Waals surface area contributed by atoms with Crippen molar-refractivity contribution in [3.05, 3.63) is 23.5 Å². The highest BCUT2D eigenvalue weighted by molar-refractivity contribution is 5.77. The molecule has 1 rings (SSSR count). The minimum Gasteiger partial charge on any atom is -0.491 e. The van der Waals surface area contributed by atoms with Crippen molar-refractivity contribution in [1.82, 2.24) is 10.3 Å². The van der Waals surface area contributed by atoms with Crippen molar-refractivity contribution in [2.75, 3.05) is 13.2 Å². The number of amides is 1. The lowest BCUT2D eigenvalue weighted by Gasteiger charge is -2.08. The van der Waals surface area contributed by atoms with E-state index in [4.69, 9.17) is 4.74 Å². The topological polar surface area (TPSA) is 68.3 Å². The van der Waals surface area contributed by atoms with Gasteiger partial charge in [-0.15, -0.1) is 0 Å². The monoisotopic (exact) mass is 236 g/mol. The number of carbonyl (C=O) groups is 2. The highest BCUT2D eigenvalue weighted by Gasteiger charge is 2.06. The molecule has 0 bridgehead atoms. The maximum absolute atomic E-state index is 11.2. The lowest BCUT2D eigenvalue weighted by atomic mass is 10.3. The molecule has 5 nitrogen and oxygen atoms in total. The minimum atomic E-state index is -0.0692. The Morgan fingerprint density at radius 2 is 2.29 bits per heavy atom. The van der Waals surface area contributed by atoms with E-state index < -0.39 is 0 Å². The molecule has 0 fully saturated rings. The molecule has 0 saturated heterocycles. The molecular weight excluding hydrogens is 220 g/mol. The van der Waals surface area contributed by atoms with Crippen LogP contribution in [0.1, 0.15) is 29.5 Å². The number of nitrogens with zero attached hydrogens (tertiary/aromatic N) is 1. The Labute approximate surface area is 100 Å². The summed E-state index contributed by atoms with van der Waals surface area (Å²) in [5.74, 6) is 0.343. The van der Waals surface area contributed by atoms with Gasteiger partial charge < -0.3 is 10.1 Å². The standard InChI is InChI=1S/C12H16N2O3/c1-3-13-12(16)6-7-17-11-5-4-9(2)14-10(11)8-15/h4-5,8H,3,6-7H2,1-2H3,(H,13,16). The van der Waals surface area contributed by atoms with Gasteiger partial charge in [-0.1, -0.05) is 0 Å². The van der Waals surface area contributed by atoms with Gasteiger partial charge in [-0.3, -0.25) is 9.59 Å². The van der Waals surface area contributed by atoms with E-state index in [0.717, 1.165) is 5.69 Å². The molecule has 5 heteroatoms. The molecule has 1 amide bonds. The van der Waals surface area contributed by atoms with Gasteiger partial charge in [0, 0.05) is 12.2 Å². The van der Waals surface area contributed by atoms with Crippen molar-refractivity contribution in [3.8, 4) is 5.75 Å². The number of aldehydes is 1. The maximum Gasteiger partial charge on any atom is 0.223 e. The molecule has 0 unspecified atom stereocenters. The summed E-state index contributed by atoms with van der Waals surface area (Å²) in [6.07, 6.45) is 0.911. The van der Waals surface area contributed by atoms with Crippen molar-refractivity contribution in [2.24, 2.45) is 0 Å². The molecule has 0 aliphatic rings. The minimum absolute atomic E-state index is 0.0692. The van der Waals surface area contributed by atoms with Gasteiger partial charge >= 0.3 is 0 Å². The van der Waals surface area contributed by atoms with Crippen molar-refractivity contribution in [2.45, 2.75) is 20.3 Å². The third-order valence-electron chi connectivity index (χ3n) is 2.10. The van der Waals surface area contributed by atoms with Crippen molar-refractivity contribution >= 4 is 12.2 Å². The molecule has 0 aromatic carbocycles. The van der Waals surface area contributed by atoms with Gasteiger partial charge in [-0.25, -0.2) is 4.98 Å². The molecule has 1 aromatic heterocycles. The van der Waals surface area contributed by atoms with E-state index in [1.54, 1.807) is 19.1 Å². The fraction of sp³-hybridized carbons (Fsp3) is 0.417. The van der Waals surface area contributed by atoms with Gasteiger partial charge in [-0.05, 0) is 26.0 Å². The average molecular weight is 236 g/mol. The maximum atomic E-state index is 11.2. The van der Waals surface area contributed by atoms with E-state index in [1.165, 1.54) is 0 Å². The second-order valence-corrected chi connectivity index (χ2v) is 3.51. The fourth-order valence-electron chi connectivity index (χ4n) is 1.31. The van der Waals surface area contributed by atoms with E-state index >= 15 is 0 Å². The van der Waals surface area contributed by atoms with Crippen LogP contribution in [0.15, 0.2) is 12.1 Å². The lowest BCUT2D eigenvalue weighted by Crippen LogP contribution is -2.24. The van der Waals surface area contributed by atoms with Crippen LogP contribution >= 0.6 is 0 Å². The number of rotatable bonds is 6. The first-order valence-corrected chi connectivity index (χ1v) is 5.49. The predicted molar refractivity (Wildman–Crippen MR) is 63.2 cm³/mol. The highest BCUT2D eigenvalue weighted by atomic mass is 16.5. The molecule has 1 aromatic rings. The summed E-state index contributed by atoms with van der Waals surface area (Å²) in [4.78, 5) is 26.0. The number of aryl methyl sites for hydroxylation is 1. The van der Waals surface area contributed by atoms with E-state index in [-0.39, 0.29) is 24.6 Å².